The number of hydrogen-bond donors (Lipinski definition) is 0. The van der Waals surface area contributed by atoms with Crippen molar-refractivity contribution in [1.82, 2.24) is 0 Å². The molecule has 11 heavy (non-hydrogen) atoms. The number of rotatable bonds is 2. The molecule has 1 fully saturated rings. The van der Waals surface area contributed by atoms with Crippen molar-refractivity contribution in [1.29, 1.82) is 0 Å². The molecule has 0 saturated carbocycles. The van der Waals surface area contributed by atoms with Crippen molar-refractivity contribution in [3.63, 3.8) is 0 Å². The Morgan fingerprint density at radius 2 is 1.91 bits per heavy atom. The van der Waals surface area contributed by atoms with Crippen molar-refractivity contribution in [2.24, 2.45) is 0 Å². The largest absolute Gasteiger partial charge is 0.464 e. The highest BCUT2D eigenvalue weighted by Crippen LogP contribution is 2.47. The third-order valence-electron chi connectivity index (χ3n) is 2.23. The van der Waals surface area contributed by atoms with E-state index in [1.165, 1.54) is 0 Å². The molecule has 3 nitrogen and oxygen atoms in total. The van der Waals surface area contributed by atoms with E-state index in [0.29, 0.717) is 6.61 Å². The van der Waals surface area contributed by atoms with Gasteiger partial charge in [0.15, 0.2) is 5.60 Å². The number of carbonyl (C=O) groups is 1. The van der Waals surface area contributed by atoms with Crippen LogP contribution in [0.4, 0.5) is 0 Å². The molecule has 0 aliphatic carbocycles. The third-order valence-corrected chi connectivity index (χ3v) is 2.23. The molecule has 64 valence electrons. The number of ether oxygens (including phenoxy) is 2. The van der Waals surface area contributed by atoms with E-state index in [2.05, 4.69) is 0 Å². The van der Waals surface area contributed by atoms with Gasteiger partial charge < -0.3 is 9.47 Å². The lowest BCUT2D eigenvalue weighted by atomic mass is 9.99. The summed E-state index contributed by atoms with van der Waals surface area (Å²) in [5.74, 6) is -0.259. The molecule has 1 saturated heterocycles. The summed E-state index contributed by atoms with van der Waals surface area (Å²) >= 11 is 0. The minimum Gasteiger partial charge on any atom is -0.464 e. The van der Waals surface area contributed by atoms with E-state index < -0.39 is 5.60 Å². The maximum atomic E-state index is 11.2. The van der Waals surface area contributed by atoms with E-state index in [4.69, 9.17) is 9.47 Å². The molecule has 1 atom stereocenters. The first kappa shape index (κ1) is 8.53. The SMILES string of the molecule is CCOC(=O)[C@@]1(C)OC1(C)C. The standard InChI is InChI=1S/C8H14O3/c1-5-10-6(9)8(4)7(2,3)11-8/h5H2,1-4H3/t8-/m1/s1. The van der Waals surface area contributed by atoms with Crippen LogP contribution in [0.3, 0.4) is 0 Å². The van der Waals surface area contributed by atoms with Gasteiger partial charge in [0.25, 0.3) is 0 Å². The summed E-state index contributed by atoms with van der Waals surface area (Å²) in [5.41, 5.74) is -1.05. The van der Waals surface area contributed by atoms with E-state index >= 15 is 0 Å². The molecule has 0 unspecified atom stereocenters. The Morgan fingerprint density at radius 3 is 2.18 bits per heavy atom. The summed E-state index contributed by atoms with van der Waals surface area (Å²) in [4.78, 5) is 11.2. The second-order valence-electron chi connectivity index (χ2n) is 3.37. The molecular weight excluding hydrogens is 144 g/mol. The van der Waals surface area contributed by atoms with Crippen molar-refractivity contribution < 1.29 is 14.3 Å². The van der Waals surface area contributed by atoms with E-state index in [0.717, 1.165) is 0 Å². The predicted molar refractivity (Wildman–Crippen MR) is 40.2 cm³/mol. The van der Waals surface area contributed by atoms with Gasteiger partial charge in [0.05, 0.1) is 6.61 Å². The number of hydrogen-bond acceptors (Lipinski definition) is 3. The Balaban J connectivity index is 2.57. The van der Waals surface area contributed by atoms with E-state index in [1.807, 2.05) is 13.8 Å². The molecule has 3 heteroatoms. The highest BCUT2D eigenvalue weighted by molar-refractivity contribution is 5.84. The lowest BCUT2D eigenvalue weighted by Crippen LogP contribution is -2.29. The Labute approximate surface area is 66.7 Å². The minimum absolute atomic E-state index is 0.259. The monoisotopic (exact) mass is 158 g/mol. The molecule has 0 aromatic carbocycles. The lowest BCUT2D eigenvalue weighted by Gasteiger charge is -2.06. The lowest BCUT2D eigenvalue weighted by molar-refractivity contribution is -0.148. The highest BCUT2D eigenvalue weighted by atomic mass is 16.7. The van der Waals surface area contributed by atoms with Gasteiger partial charge in [-0.05, 0) is 27.7 Å². The second kappa shape index (κ2) is 2.21. The van der Waals surface area contributed by atoms with Crippen LogP contribution in [-0.2, 0) is 14.3 Å². The fourth-order valence-electron chi connectivity index (χ4n) is 1.04. The molecule has 0 amide bonds. The van der Waals surface area contributed by atoms with Gasteiger partial charge in [-0.1, -0.05) is 0 Å². The minimum atomic E-state index is -0.705. The Bertz CT molecular complexity index is 186. The normalized spacial score (nSPS) is 33.1. The van der Waals surface area contributed by atoms with Crippen LogP contribution in [0.15, 0.2) is 0 Å². The maximum Gasteiger partial charge on any atom is 0.341 e. The molecule has 0 N–H and O–H groups in total. The number of epoxide rings is 1. The van der Waals surface area contributed by atoms with Gasteiger partial charge in [-0.25, -0.2) is 4.79 Å². The van der Waals surface area contributed by atoms with E-state index in [9.17, 15) is 4.79 Å². The summed E-state index contributed by atoms with van der Waals surface area (Å²) in [6.07, 6.45) is 0. The number of carbonyl (C=O) groups excluding carboxylic acids is 1. The zero-order valence-electron chi connectivity index (χ0n) is 7.43. The van der Waals surface area contributed by atoms with Crippen molar-refractivity contribution in [3.05, 3.63) is 0 Å². The third kappa shape index (κ3) is 1.13. The van der Waals surface area contributed by atoms with Crippen LogP contribution >= 0.6 is 0 Å². The van der Waals surface area contributed by atoms with Crippen molar-refractivity contribution in [2.75, 3.05) is 6.61 Å². The Hall–Kier alpha value is -0.570. The van der Waals surface area contributed by atoms with Gasteiger partial charge in [0.2, 0.25) is 0 Å². The predicted octanol–water partition coefficient (Wildman–Crippen LogP) is 1.12. The zero-order chi connectivity index (χ0) is 8.70. The average molecular weight is 158 g/mol. The van der Waals surface area contributed by atoms with Gasteiger partial charge >= 0.3 is 5.97 Å². The molecule has 1 aliphatic rings. The fraction of sp³-hybridized carbons (Fsp3) is 0.875. The fourth-order valence-corrected chi connectivity index (χ4v) is 1.04. The molecule has 0 spiro atoms. The molecule has 1 aliphatic heterocycles. The van der Waals surface area contributed by atoms with E-state index in [-0.39, 0.29) is 11.6 Å². The van der Waals surface area contributed by atoms with Crippen LogP contribution in [0.2, 0.25) is 0 Å². The highest BCUT2D eigenvalue weighted by Gasteiger charge is 2.66. The van der Waals surface area contributed by atoms with Crippen LogP contribution in [0.5, 0.6) is 0 Å². The van der Waals surface area contributed by atoms with Gasteiger partial charge in [-0.3, -0.25) is 0 Å². The topological polar surface area (TPSA) is 38.8 Å². The van der Waals surface area contributed by atoms with Crippen molar-refractivity contribution >= 4 is 5.97 Å². The van der Waals surface area contributed by atoms with E-state index in [1.54, 1.807) is 13.8 Å². The Kier molecular flexibility index (Phi) is 1.71. The van der Waals surface area contributed by atoms with Gasteiger partial charge in [0.1, 0.15) is 5.60 Å². The van der Waals surface area contributed by atoms with Crippen molar-refractivity contribution in [2.45, 2.75) is 38.9 Å². The summed E-state index contributed by atoms with van der Waals surface area (Å²) in [5, 5.41) is 0. The molecular formula is C8H14O3. The quantitative estimate of drug-likeness (QED) is 0.446. The summed E-state index contributed by atoms with van der Waals surface area (Å²) in [6, 6.07) is 0. The first-order valence-corrected chi connectivity index (χ1v) is 3.81. The van der Waals surface area contributed by atoms with Crippen LogP contribution < -0.4 is 0 Å². The smallest absolute Gasteiger partial charge is 0.341 e. The van der Waals surface area contributed by atoms with Crippen LogP contribution in [0.25, 0.3) is 0 Å². The Morgan fingerprint density at radius 1 is 1.45 bits per heavy atom. The zero-order valence-corrected chi connectivity index (χ0v) is 7.43. The maximum absolute atomic E-state index is 11.2. The van der Waals surface area contributed by atoms with Crippen LogP contribution in [0, 0.1) is 0 Å². The van der Waals surface area contributed by atoms with Gasteiger partial charge in [-0.15, -0.1) is 0 Å². The number of esters is 1. The molecule has 0 aromatic rings. The van der Waals surface area contributed by atoms with Crippen molar-refractivity contribution in [3.8, 4) is 0 Å². The average Bonchev–Trinajstić information content (AvgIpc) is 2.35. The van der Waals surface area contributed by atoms with Crippen LogP contribution in [-0.4, -0.2) is 23.8 Å². The van der Waals surface area contributed by atoms with Gasteiger partial charge in [0, 0.05) is 0 Å². The van der Waals surface area contributed by atoms with Gasteiger partial charge in [-0.2, -0.15) is 0 Å². The second-order valence-corrected chi connectivity index (χ2v) is 3.37. The first-order chi connectivity index (χ1) is 4.94. The molecule has 0 aromatic heterocycles. The molecule has 0 radical (unpaired) electrons. The molecule has 0 bridgehead atoms. The molecule has 1 heterocycles. The summed E-state index contributed by atoms with van der Waals surface area (Å²) in [6.45, 7) is 7.71. The summed E-state index contributed by atoms with van der Waals surface area (Å²) < 4.78 is 10.1. The van der Waals surface area contributed by atoms with Crippen LogP contribution in [0.1, 0.15) is 27.7 Å². The molecule has 1 rings (SSSR count). The summed E-state index contributed by atoms with van der Waals surface area (Å²) in [7, 11) is 0. The first-order valence-electron chi connectivity index (χ1n) is 3.81.